The number of aromatic nitrogens is 1. The molecule has 5 heteroatoms. The maximum atomic E-state index is 10.9. The molecule has 4 nitrogen and oxygen atoms in total. The summed E-state index contributed by atoms with van der Waals surface area (Å²) in [5, 5.41) is 1.44. The molecule has 1 aromatic rings. The van der Waals surface area contributed by atoms with Crippen molar-refractivity contribution in [1.82, 2.24) is 4.37 Å². The Morgan fingerprint density at radius 3 is 3.00 bits per heavy atom. The summed E-state index contributed by atoms with van der Waals surface area (Å²) >= 11 is 1.08. The fourth-order valence-corrected chi connectivity index (χ4v) is 1.20. The summed E-state index contributed by atoms with van der Waals surface area (Å²) in [7, 11) is 0. The minimum Gasteiger partial charge on any atom is -0.462 e. The van der Waals surface area contributed by atoms with Crippen molar-refractivity contribution in [2.24, 2.45) is 0 Å². The molecule has 0 spiro atoms. The highest BCUT2D eigenvalue weighted by Crippen LogP contribution is 1.97. The van der Waals surface area contributed by atoms with Crippen molar-refractivity contribution >= 4 is 17.5 Å². The third-order valence-corrected chi connectivity index (χ3v) is 1.73. The molecule has 0 radical (unpaired) electrons. The van der Waals surface area contributed by atoms with Crippen LogP contribution in [0, 0.1) is 0 Å². The van der Waals surface area contributed by atoms with E-state index >= 15 is 0 Å². The standard InChI is InChI=1S/C6H7NO3S/c1-2-10-6(9)4-3-11-7-5(4)8/h3H,2H2,1H3,(H,7,8). The van der Waals surface area contributed by atoms with Crippen molar-refractivity contribution in [3.63, 3.8) is 0 Å². The molecule has 0 aliphatic rings. The monoisotopic (exact) mass is 173 g/mol. The van der Waals surface area contributed by atoms with Crippen LogP contribution in [-0.4, -0.2) is 16.9 Å². The van der Waals surface area contributed by atoms with Gasteiger partial charge in [-0.3, -0.25) is 9.17 Å². The Balaban J connectivity index is 2.85. The number of aromatic amines is 1. The molecule has 0 aliphatic carbocycles. The quantitative estimate of drug-likeness (QED) is 0.667. The van der Waals surface area contributed by atoms with Crippen molar-refractivity contribution in [2.75, 3.05) is 6.61 Å². The highest BCUT2D eigenvalue weighted by molar-refractivity contribution is 7.03. The van der Waals surface area contributed by atoms with Crippen LogP contribution >= 0.6 is 11.5 Å². The van der Waals surface area contributed by atoms with Gasteiger partial charge in [-0.05, 0) is 6.92 Å². The largest absolute Gasteiger partial charge is 0.462 e. The van der Waals surface area contributed by atoms with Crippen LogP contribution in [-0.2, 0) is 4.74 Å². The highest BCUT2D eigenvalue weighted by Gasteiger charge is 2.10. The summed E-state index contributed by atoms with van der Waals surface area (Å²) in [5.41, 5.74) is -0.301. The number of hydrogen-bond acceptors (Lipinski definition) is 4. The molecule has 0 fully saturated rings. The van der Waals surface area contributed by atoms with E-state index in [0.29, 0.717) is 0 Å². The first-order valence-electron chi connectivity index (χ1n) is 3.09. The lowest BCUT2D eigenvalue weighted by Crippen LogP contribution is -2.14. The van der Waals surface area contributed by atoms with Crippen LogP contribution < -0.4 is 5.56 Å². The van der Waals surface area contributed by atoms with Crippen LogP contribution in [0.5, 0.6) is 0 Å². The Kier molecular flexibility index (Phi) is 2.43. The minimum absolute atomic E-state index is 0.0804. The average Bonchev–Trinajstić information content (AvgIpc) is 2.36. The maximum absolute atomic E-state index is 10.9. The highest BCUT2D eigenvalue weighted by atomic mass is 32.1. The topological polar surface area (TPSA) is 59.2 Å². The number of hydrogen-bond donors (Lipinski definition) is 1. The lowest BCUT2D eigenvalue weighted by atomic mass is 10.4. The van der Waals surface area contributed by atoms with E-state index in [1.807, 2.05) is 0 Å². The van der Waals surface area contributed by atoms with Gasteiger partial charge in [0.25, 0.3) is 5.56 Å². The molecule has 0 amide bonds. The molecule has 0 unspecified atom stereocenters. The molecule has 0 aliphatic heterocycles. The summed E-state index contributed by atoms with van der Waals surface area (Å²) in [6, 6.07) is 0. The van der Waals surface area contributed by atoms with E-state index in [1.165, 1.54) is 5.38 Å². The summed E-state index contributed by atoms with van der Waals surface area (Å²) in [6.07, 6.45) is 0. The van der Waals surface area contributed by atoms with E-state index in [1.54, 1.807) is 6.92 Å². The molecule has 60 valence electrons. The van der Waals surface area contributed by atoms with E-state index in [4.69, 9.17) is 0 Å². The Labute approximate surface area is 67.0 Å². The van der Waals surface area contributed by atoms with E-state index in [2.05, 4.69) is 9.11 Å². The number of esters is 1. The van der Waals surface area contributed by atoms with Crippen LogP contribution in [0.1, 0.15) is 17.3 Å². The minimum atomic E-state index is -0.560. The van der Waals surface area contributed by atoms with Gasteiger partial charge in [0.1, 0.15) is 5.56 Å². The molecular formula is C6H7NO3S. The number of carbonyl (C=O) groups excluding carboxylic acids is 1. The fraction of sp³-hybridized carbons (Fsp3) is 0.333. The molecular weight excluding hydrogens is 166 g/mol. The van der Waals surface area contributed by atoms with Gasteiger partial charge >= 0.3 is 5.97 Å². The summed E-state index contributed by atoms with van der Waals surface area (Å²) < 4.78 is 7.01. The van der Waals surface area contributed by atoms with E-state index in [0.717, 1.165) is 11.5 Å². The van der Waals surface area contributed by atoms with E-state index in [9.17, 15) is 9.59 Å². The first kappa shape index (κ1) is 8.00. The van der Waals surface area contributed by atoms with Crippen molar-refractivity contribution in [3.8, 4) is 0 Å². The first-order chi connectivity index (χ1) is 5.25. The zero-order valence-electron chi connectivity index (χ0n) is 5.92. The number of ether oxygens (including phenoxy) is 1. The molecule has 1 aromatic heterocycles. The van der Waals surface area contributed by atoms with Gasteiger partial charge in [-0.25, -0.2) is 4.79 Å². The normalized spacial score (nSPS) is 9.55. The lowest BCUT2D eigenvalue weighted by molar-refractivity contribution is 0.0525. The Morgan fingerprint density at radius 1 is 1.82 bits per heavy atom. The number of rotatable bonds is 2. The average molecular weight is 173 g/mol. The second-order valence-electron chi connectivity index (χ2n) is 1.80. The van der Waals surface area contributed by atoms with Gasteiger partial charge < -0.3 is 4.74 Å². The van der Waals surface area contributed by atoms with Crippen molar-refractivity contribution in [3.05, 3.63) is 21.3 Å². The molecule has 1 heterocycles. The molecule has 0 aromatic carbocycles. The van der Waals surface area contributed by atoms with Crippen LogP contribution in [0.3, 0.4) is 0 Å². The Hall–Kier alpha value is -1.10. The van der Waals surface area contributed by atoms with Crippen molar-refractivity contribution in [1.29, 1.82) is 0 Å². The van der Waals surface area contributed by atoms with Gasteiger partial charge in [-0.15, -0.1) is 0 Å². The van der Waals surface area contributed by atoms with Gasteiger partial charge in [0.15, 0.2) is 0 Å². The molecule has 11 heavy (non-hydrogen) atoms. The van der Waals surface area contributed by atoms with Gasteiger partial charge in [0.2, 0.25) is 0 Å². The molecule has 0 saturated heterocycles. The molecule has 0 bridgehead atoms. The van der Waals surface area contributed by atoms with Crippen LogP contribution in [0.25, 0.3) is 0 Å². The molecule has 0 saturated carbocycles. The maximum Gasteiger partial charge on any atom is 0.344 e. The van der Waals surface area contributed by atoms with Crippen molar-refractivity contribution in [2.45, 2.75) is 6.92 Å². The fourth-order valence-electron chi connectivity index (χ4n) is 0.600. The van der Waals surface area contributed by atoms with Gasteiger partial charge in [-0.1, -0.05) is 11.5 Å². The molecule has 0 atom stereocenters. The third-order valence-electron chi connectivity index (χ3n) is 1.07. The van der Waals surface area contributed by atoms with E-state index < -0.39 is 5.97 Å². The summed E-state index contributed by atoms with van der Waals surface area (Å²) in [4.78, 5) is 21.7. The summed E-state index contributed by atoms with van der Waals surface area (Å²) in [6.45, 7) is 1.98. The zero-order chi connectivity index (χ0) is 8.27. The van der Waals surface area contributed by atoms with Crippen molar-refractivity contribution < 1.29 is 9.53 Å². The lowest BCUT2D eigenvalue weighted by Gasteiger charge is -1.94. The number of nitrogens with one attached hydrogen (secondary N) is 1. The molecule has 1 N–H and O–H groups in total. The van der Waals surface area contributed by atoms with Crippen LogP contribution in [0.15, 0.2) is 10.2 Å². The van der Waals surface area contributed by atoms with Crippen LogP contribution in [0.4, 0.5) is 0 Å². The van der Waals surface area contributed by atoms with Gasteiger partial charge in [0.05, 0.1) is 6.61 Å². The predicted molar refractivity (Wildman–Crippen MR) is 40.9 cm³/mol. The zero-order valence-corrected chi connectivity index (χ0v) is 6.73. The summed E-state index contributed by atoms with van der Waals surface area (Å²) in [5.74, 6) is -0.560. The second-order valence-corrected chi connectivity index (χ2v) is 2.48. The van der Waals surface area contributed by atoms with Gasteiger partial charge in [0, 0.05) is 5.38 Å². The first-order valence-corrected chi connectivity index (χ1v) is 3.97. The second kappa shape index (κ2) is 3.34. The Morgan fingerprint density at radius 2 is 2.55 bits per heavy atom. The molecule has 1 rings (SSSR count). The Bertz CT molecular complexity index is 301. The van der Waals surface area contributed by atoms with E-state index in [-0.39, 0.29) is 17.7 Å². The number of carbonyl (C=O) groups is 1. The van der Waals surface area contributed by atoms with Crippen LogP contribution in [0.2, 0.25) is 0 Å². The smallest absolute Gasteiger partial charge is 0.344 e. The predicted octanol–water partition coefficient (Wildman–Crippen LogP) is 0.613. The van der Waals surface area contributed by atoms with Gasteiger partial charge in [-0.2, -0.15) is 0 Å². The number of H-pyrrole nitrogens is 1. The third kappa shape index (κ3) is 1.68. The SMILES string of the molecule is CCOC(=O)c1cs[nH]c1=O.